The van der Waals surface area contributed by atoms with Gasteiger partial charge in [-0.15, -0.1) is 23.1 Å². The Hall–Kier alpha value is -1.86. The Morgan fingerprint density at radius 3 is 2.67 bits per heavy atom. The first-order valence-electron chi connectivity index (χ1n) is 7.74. The van der Waals surface area contributed by atoms with Gasteiger partial charge in [-0.2, -0.15) is 0 Å². The molecule has 1 aliphatic carbocycles. The lowest BCUT2D eigenvalue weighted by molar-refractivity contribution is -0.125. The number of amides is 2. The molecule has 2 N–H and O–H groups in total. The van der Waals surface area contributed by atoms with E-state index in [0.29, 0.717) is 11.0 Å². The van der Waals surface area contributed by atoms with E-state index in [1.807, 2.05) is 42.8 Å². The monoisotopic (exact) mass is 361 g/mol. The summed E-state index contributed by atoms with van der Waals surface area (Å²) in [5.74, 6) is 0.224. The minimum Gasteiger partial charge on any atom is -0.347 e. The van der Waals surface area contributed by atoms with E-state index in [1.165, 1.54) is 16.2 Å². The van der Waals surface area contributed by atoms with Crippen molar-refractivity contribution >= 4 is 40.0 Å². The third-order valence-corrected chi connectivity index (χ3v) is 5.51. The van der Waals surface area contributed by atoms with E-state index in [4.69, 9.17) is 0 Å². The second kappa shape index (κ2) is 7.36. The number of nitrogens with one attached hydrogen (secondary N) is 2. The summed E-state index contributed by atoms with van der Waals surface area (Å²) in [4.78, 5) is 29.2. The first-order chi connectivity index (χ1) is 11.6. The van der Waals surface area contributed by atoms with E-state index in [2.05, 4.69) is 15.6 Å². The van der Waals surface area contributed by atoms with Crippen molar-refractivity contribution in [3.05, 3.63) is 29.6 Å². The average Bonchev–Trinajstić information content (AvgIpc) is 3.15. The second-order valence-corrected chi connectivity index (χ2v) is 7.59. The van der Waals surface area contributed by atoms with Gasteiger partial charge in [0.05, 0.1) is 12.2 Å². The molecule has 0 saturated heterocycles. The fourth-order valence-electron chi connectivity index (χ4n) is 2.37. The molecule has 0 radical (unpaired) electrons. The number of carbonyl (C=O) groups is 2. The zero-order valence-corrected chi connectivity index (χ0v) is 15.2. The maximum atomic E-state index is 11.9. The van der Waals surface area contributed by atoms with Crippen molar-refractivity contribution in [1.82, 2.24) is 10.3 Å². The fourth-order valence-corrected chi connectivity index (χ4v) is 3.52. The lowest BCUT2D eigenvalue weighted by Gasteiger charge is -2.04. The molecule has 7 heteroatoms. The van der Waals surface area contributed by atoms with Crippen molar-refractivity contribution in [3.63, 3.8) is 0 Å². The predicted molar refractivity (Wildman–Crippen MR) is 98.2 cm³/mol. The van der Waals surface area contributed by atoms with Crippen LogP contribution < -0.4 is 10.6 Å². The molecule has 2 atom stereocenters. The average molecular weight is 361 g/mol. The topological polar surface area (TPSA) is 71.1 Å². The summed E-state index contributed by atoms with van der Waals surface area (Å²) in [5, 5.41) is 7.85. The molecule has 1 aromatic heterocycles. The van der Waals surface area contributed by atoms with Gasteiger partial charge in [-0.25, -0.2) is 4.98 Å². The van der Waals surface area contributed by atoms with Gasteiger partial charge in [0.2, 0.25) is 11.8 Å². The third kappa shape index (κ3) is 4.15. The summed E-state index contributed by atoms with van der Waals surface area (Å²) in [7, 11) is 0. The molecule has 0 spiro atoms. The van der Waals surface area contributed by atoms with E-state index in [-0.39, 0.29) is 24.3 Å². The number of hydrogen-bond donors (Lipinski definition) is 2. The first kappa shape index (κ1) is 17.0. The summed E-state index contributed by atoms with van der Waals surface area (Å²) in [6.07, 6.45) is 2.95. The minimum atomic E-state index is -0.254. The molecule has 0 bridgehead atoms. The Morgan fingerprint density at radius 2 is 2.04 bits per heavy atom. The van der Waals surface area contributed by atoms with Gasteiger partial charge in [-0.05, 0) is 30.7 Å². The number of nitrogens with zero attached hydrogens (tertiary/aromatic N) is 1. The highest BCUT2D eigenvalue weighted by atomic mass is 32.2. The van der Waals surface area contributed by atoms with E-state index >= 15 is 0 Å². The molecule has 2 unspecified atom stereocenters. The molecule has 5 nitrogen and oxygen atoms in total. The van der Waals surface area contributed by atoms with Crippen LogP contribution in [0.5, 0.6) is 0 Å². The number of aromatic nitrogens is 1. The van der Waals surface area contributed by atoms with Crippen LogP contribution in [-0.4, -0.2) is 29.6 Å². The van der Waals surface area contributed by atoms with Crippen LogP contribution in [0.2, 0.25) is 0 Å². The van der Waals surface area contributed by atoms with Crippen molar-refractivity contribution in [2.24, 2.45) is 11.8 Å². The van der Waals surface area contributed by atoms with Crippen molar-refractivity contribution in [2.45, 2.75) is 18.2 Å². The van der Waals surface area contributed by atoms with Crippen LogP contribution in [-0.2, 0) is 9.59 Å². The molecule has 126 valence electrons. The first-order valence-corrected chi connectivity index (χ1v) is 9.85. The van der Waals surface area contributed by atoms with E-state index in [0.717, 1.165) is 17.7 Å². The third-order valence-electron chi connectivity index (χ3n) is 4.01. The van der Waals surface area contributed by atoms with Gasteiger partial charge in [-0.3, -0.25) is 9.59 Å². The number of benzene rings is 1. The summed E-state index contributed by atoms with van der Waals surface area (Å²) >= 11 is 3.07. The minimum absolute atomic E-state index is 0.0145. The highest BCUT2D eigenvalue weighted by Crippen LogP contribution is 2.37. The van der Waals surface area contributed by atoms with Gasteiger partial charge in [0.1, 0.15) is 0 Å². The van der Waals surface area contributed by atoms with Gasteiger partial charge in [0, 0.05) is 21.8 Å². The largest absolute Gasteiger partial charge is 0.347 e. The molecule has 3 rings (SSSR count). The molecule has 1 saturated carbocycles. The van der Waals surface area contributed by atoms with Crippen molar-refractivity contribution < 1.29 is 9.59 Å². The Morgan fingerprint density at radius 1 is 1.33 bits per heavy atom. The summed E-state index contributed by atoms with van der Waals surface area (Å²) in [6, 6.07) is 8.13. The quantitative estimate of drug-likeness (QED) is 0.775. The molecule has 1 heterocycles. The van der Waals surface area contributed by atoms with Crippen LogP contribution in [0.15, 0.2) is 34.5 Å². The predicted octanol–water partition coefficient (Wildman–Crippen LogP) is 3.24. The van der Waals surface area contributed by atoms with Gasteiger partial charge in [-0.1, -0.05) is 19.1 Å². The maximum Gasteiger partial charge on any atom is 0.245 e. The highest BCUT2D eigenvalue weighted by molar-refractivity contribution is 7.98. The van der Waals surface area contributed by atoms with Crippen LogP contribution in [0.3, 0.4) is 0 Å². The molecular formula is C17H19N3O2S2. The van der Waals surface area contributed by atoms with Crippen LogP contribution in [0, 0.1) is 11.8 Å². The molecular weight excluding hydrogens is 342 g/mol. The SMILES string of the molecule is CSc1ccc(-c2csc(NC(=O)CNC(=O)C3CC3C)n2)cc1. The van der Waals surface area contributed by atoms with Crippen molar-refractivity contribution in [1.29, 1.82) is 0 Å². The summed E-state index contributed by atoms with van der Waals surface area (Å²) < 4.78 is 0. The molecule has 1 aromatic carbocycles. The lowest BCUT2D eigenvalue weighted by Crippen LogP contribution is -2.34. The van der Waals surface area contributed by atoms with Crippen molar-refractivity contribution in [3.8, 4) is 11.3 Å². The number of rotatable bonds is 6. The number of thiazole rings is 1. The molecule has 1 aliphatic rings. The normalized spacial score (nSPS) is 18.9. The van der Waals surface area contributed by atoms with E-state index in [9.17, 15) is 9.59 Å². The molecule has 2 amide bonds. The Labute approximate surface area is 149 Å². The lowest BCUT2D eigenvalue weighted by atomic mass is 10.2. The van der Waals surface area contributed by atoms with Gasteiger partial charge in [0.15, 0.2) is 5.13 Å². The zero-order valence-electron chi connectivity index (χ0n) is 13.5. The Bertz CT molecular complexity index is 743. The van der Waals surface area contributed by atoms with Crippen LogP contribution in [0.4, 0.5) is 5.13 Å². The van der Waals surface area contributed by atoms with Crippen LogP contribution in [0.1, 0.15) is 13.3 Å². The van der Waals surface area contributed by atoms with E-state index < -0.39 is 0 Å². The van der Waals surface area contributed by atoms with Crippen LogP contribution in [0.25, 0.3) is 11.3 Å². The maximum absolute atomic E-state index is 11.9. The molecule has 1 fully saturated rings. The second-order valence-electron chi connectivity index (χ2n) is 5.85. The van der Waals surface area contributed by atoms with Gasteiger partial charge >= 0.3 is 0 Å². The van der Waals surface area contributed by atoms with E-state index in [1.54, 1.807) is 11.8 Å². The molecule has 24 heavy (non-hydrogen) atoms. The zero-order chi connectivity index (χ0) is 17.1. The number of anilines is 1. The fraction of sp³-hybridized carbons (Fsp3) is 0.353. The van der Waals surface area contributed by atoms with Gasteiger partial charge < -0.3 is 10.6 Å². The van der Waals surface area contributed by atoms with Gasteiger partial charge in [0.25, 0.3) is 0 Å². The Kier molecular flexibility index (Phi) is 5.20. The number of thioether (sulfide) groups is 1. The highest BCUT2D eigenvalue weighted by Gasteiger charge is 2.38. The Balaban J connectivity index is 1.53. The summed E-state index contributed by atoms with van der Waals surface area (Å²) in [5.41, 5.74) is 1.85. The molecule has 0 aliphatic heterocycles. The number of hydrogen-bond acceptors (Lipinski definition) is 5. The standard InChI is InChI=1S/C17H19N3O2S2/c1-10-7-13(10)16(22)18-8-15(21)20-17-19-14(9-24-17)11-3-5-12(23-2)6-4-11/h3-6,9-10,13H,7-8H2,1-2H3,(H,18,22)(H,19,20,21). The number of carbonyl (C=O) groups excluding carboxylic acids is 2. The smallest absolute Gasteiger partial charge is 0.245 e. The summed E-state index contributed by atoms with van der Waals surface area (Å²) in [6.45, 7) is 2.02. The van der Waals surface area contributed by atoms with Crippen LogP contribution >= 0.6 is 23.1 Å². The van der Waals surface area contributed by atoms with Crippen molar-refractivity contribution in [2.75, 3.05) is 18.1 Å². The molecule has 2 aromatic rings.